The molecule has 0 bridgehead atoms. The molecular formula is C18H36IN5O2. The van der Waals surface area contributed by atoms with Crippen molar-refractivity contribution in [2.24, 2.45) is 10.7 Å². The highest BCUT2D eigenvalue weighted by molar-refractivity contribution is 14.0. The summed E-state index contributed by atoms with van der Waals surface area (Å²) in [4.78, 5) is 17.5. The van der Waals surface area contributed by atoms with E-state index in [0.717, 1.165) is 25.3 Å². The summed E-state index contributed by atoms with van der Waals surface area (Å²) < 4.78 is 6.00. The zero-order valence-corrected chi connectivity index (χ0v) is 18.4. The Bertz CT molecular complexity index is 420. The van der Waals surface area contributed by atoms with Gasteiger partial charge in [-0.3, -0.25) is 4.99 Å². The van der Waals surface area contributed by atoms with E-state index in [9.17, 15) is 4.79 Å². The van der Waals surface area contributed by atoms with Gasteiger partial charge < -0.3 is 26.0 Å². The number of carbonyl (C=O) groups is 1. The predicted octanol–water partition coefficient (Wildman–Crippen LogP) is 2.44. The van der Waals surface area contributed by atoms with Crippen molar-refractivity contribution in [1.82, 2.24) is 15.5 Å². The topological polar surface area (TPSA) is 92.0 Å². The quantitative estimate of drug-likeness (QED) is 0.179. The number of rotatable bonds is 6. The van der Waals surface area contributed by atoms with Crippen molar-refractivity contribution in [1.29, 1.82) is 0 Å². The molecule has 1 heterocycles. The van der Waals surface area contributed by atoms with E-state index >= 15 is 0 Å². The second-order valence-corrected chi connectivity index (χ2v) is 6.99. The Morgan fingerprint density at radius 3 is 2.38 bits per heavy atom. The molecule has 1 saturated heterocycles. The maximum Gasteiger partial charge on any atom is 0.314 e. The molecule has 1 saturated carbocycles. The van der Waals surface area contributed by atoms with Crippen LogP contribution < -0.4 is 16.4 Å². The van der Waals surface area contributed by atoms with Gasteiger partial charge in [0, 0.05) is 25.7 Å². The fourth-order valence-corrected chi connectivity index (χ4v) is 3.54. The van der Waals surface area contributed by atoms with Gasteiger partial charge >= 0.3 is 6.03 Å². The fraction of sp³-hybridized carbons (Fsp3) is 0.889. The van der Waals surface area contributed by atoms with Gasteiger partial charge in [-0.15, -0.1) is 24.0 Å². The molecule has 0 aromatic carbocycles. The fourth-order valence-electron chi connectivity index (χ4n) is 3.54. The van der Waals surface area contributed by atoms with Gasteiger partial charge in [-0.05, 0) is 32.6 Å². The van der Waals surface area contributed by atoms with E-state index in [4.69, 9.17) is 10.5 Å². The van der Waals surface area contributed by atoms with Crippen molar-refractivity contribution in [2.45, 2.75) is 70.4 Å². The summed E-state index contributed by atoms with van der Waals surface area (Å²) in [5.41, 5.74) is 5.33. The SMILES string of the molecule is CCNC(=NCCOC1CCCCCC1)NC1CCN(C(N)=O)CC1.I. The van der Waals surface area contributed by atoms with Crippen LogP contribution in [-0.2, 0) is 4.74 Å². The van der Waals surface area contributed by atoms with Crippen molar-refractivity contribution >= 4 is 36.0 Å². The number of likely N-dealkylation sites (tertiary alicyclic amines) is 1. The van der Waals surface area contributed by atoms with Crippen LogP contribution in [0.5, 0.6) is 0 Å². The second-order valence-electron chi connectivity index (χ2n) is 6.99. The van der Waals surface area contributed by atoms with E-state index < -0.39 is 0 Å². The maximum atomic E-state index is 11.2. The molecule has 0 unspecified atom stereocenters. The third-order valence-electron chi connectivity index (χ3n) is 5.01. The van der Waals surface area contributed by atoms with Crippen molar-refractivity contribution in [3.63, 3.8) is 0 Å². The molecule has 0 aromatic heterocycles. The van der Waals surface area contributed by atoms with Gasteiger partial charge in [0.05, 0.1) is 19.3 Å². The lowest BCUT2D eigenvalue weighted by atomic mass is 10.1. The number of piperidine rings is 1. The Balaban J connectivity index is 0.00000338. The van der Waals surface area contributed by atoms with Crippen molar-refractivity contribution < 1.29 is 9.53 Å². The molecule has 8 heteroatoms. The number of primary amides is 1. The minimum atomic E-state index is -0.324. The number of urea groups is 1. The molecule has 4 N–H and O–H groups in total. The zero-order chi connectivity index (χ0) is 17.9. The Kier molecular flexibility index (Phi) is 12.0. The van der Waals surface area contributed by atoms with Gasteiger partial charge in [-0.25, -0.2) is 4.79 Å². The summed E-state index contributed by atoms with van der Waals surface area (Å²) in [7, 11) is 0. The lowest BCUT2D eigenvalue weighted by Gasteiger charge is -2.32. The van der Waals surface area contributed by atoms with Crippen LogP contribution in [0.25, 0.3) is 0 Å². The van der Waals surface area contributed by atoms with Crippen LogP contribution >= 0.6 is 24.0 Å². The molecule has 2 rings (SSSR count). The van der Waals surface area contributed by atoms with E-state index in [2.05, 4.69) is 22.5 Å². The van der Waals surface area contributed by atoms with Crippen molar-refractivity contribution in [3.05, 3.63) is 0 Å². The molecule has 1 aliphatic heterocycles. The molecule has 0 atom stereocenters. The molecule has 26 heavy (non-hydrogen) atoms. The first-order valence-electron chi connectivity index (χ1n) is 9.90. The van der Waals surface area contributed by atoms with Crippen LogP contribution in [0.1, 0.15) is 58.3 Å². The summed E-state index contributed by atoms with van der Waals surface area (Å²) >= 11 is 0. The third kappa shape index (κ3) is 8.75. The van der Waals surface area contributed by atoms with Crippen molar-refractivity contribution in [2.75, 3.05) is 32.8 Å². The Labute approximate surface area is 174 Å². The third-order valence-corrected chi connectivity index (χ3v) is 5.01. The van der Waals surface area contributed by atoms with E-state index in [1.807, 2.05) is 0 Å². The molecule has 0 spiro atoms. The largest absolute Gasteiger partial charge is 0.376 e. The number of guanidine groups is 1. The number of nitrogens with two attached hydrogens (primary N) is 1. The summed E-state index contributed by atoms with van der Waals surface area (Å²) in [6.45, 7) is 5.66. The number of nitrogens with zero attached hydrogens (tertiary/aromatic N) is 2. The smallest absolute Gasteiger partial charge is 0.314 e. The van der Waals surface area contributed by atoms with Crippen LogP contribution in [0.15, 0.2) is 4.99 Å². The average Bonchev–Trinajstić information content (AvgIpc) is 2.88. The highest BCUT2D eigenvalue weighted by atomic mass is 127. The van der Waals surface area contributed by atoms with Crippen LogP contribution in [0.3, 0.4) is 0 Å². The van der Waals surface area contributed by atoms with Gasteiger partial charge in [0.2, 0.25) is 0 Å². The van der Waals surface area contributed by atoms with E-state index in [1.54, 1.807) is 4.90 Å². The van der Waals surface area contributed by atoms with Gasteiger partial charge in [0.15, 0.2) is 5.96 Å². The first kappa shape index (κ1) is 23.3. The first-order valence-corrected chi connectivity index (χ1v) is 9.90. The molecule has 1 aliphatic carbocycles. The number of carbonyl (C=O) groups excluding carboxylic acids is 1. The number of halogens is 1. The Morgan fingerprint density at radius 1 is 1.15 bits per heavy atom. The molecule has 2 aliphatic rings. The highest BCUT2D eigenvalue weighted by Crippen LogP contribution is 2.19. The van der Waals surface area contributed by atoms with Gasteiger partial charge in [0.1, 0.15) is 0 Å². The number of aliphatic imine (C=N–C) groups is 1. The van der Waals surface area contributed by atoms with Gasteiger partial charge in [-0.2, -0.15) is 0 Å². The average molecular weight is 481 g/mol. The minimum absolute atomic E-state index is 0. The normalized spacial score (nSPS) is 20.2. The number of hydrogen-bond acceptors (Lipinski definition) is 3. The molecular weight excluding hydrogens is 445 g/mol. The highest BCUT2D eigenvalue weighted by Gasteiger charge is 2.21. The standard InChI is InChI=1S/C18H35N5O2.HI/c1-2-20-18(22-15-9-12-23(13-10-15)17(19)24)21-11-14-25-16-7-5-3-4-6-8-16;/h15-16H,2-14H2,1H3,(H2,19,24)(H2,20,21,22);1H. The minimum Gasteiger partial charge on any atom is -0.376 e. The van der Waals surface area contributed by atoms with Crippen LogP contribution in [0, 0.1) is 0 Å². The Hall–Kier alpha value is -0.770. The lowest BCUT2D eigenvalue weighted by Crippen LogP contribution is -2.50. The molecule has 2 fully saturated rings. The molecule has 152 valence electrons. The zero-order valence-electron chi connectivity index (χ0n) is 16.0. The van der Waals surface area contributed by atoms with Gasteiger partial charge in [-0.1, -0.05) is 25.7 Å². The number of hydrogen-bond donors (Lipinski definition) is 3. The van der Waals surface area contributed by atoms with E-state index in [1.165, 1.54) is 38.5 Å². The first-order chi connectivity index (χ1) is 12.2. The lowest BCUT2D eigenvalue weighted by molar-refractivity contribution is 0.0487. The van der Waals surface area contributed by atoms with Crippen molar-refractivity contribution in [3.8, 4) is 0 Å². The number of amides is 2. The molecule has 7 nitrogen and oxygen atoms in total. The summed E-state index contributed by atoms with van der Waals surface area (Å²) in [5.74, 6) is 0.837. The number of nitrogens with one attached hydrogen (secondary N) is 2. The van der Waals surface area contributed by atoms with Crippen LogP contribution in [-0.4, -0.2) is 61.8 Å². The van der Waals surface area contributed by atoms with E-state index in [-0.39, 0.29) is 30.0 Å². The summed E-state index contributed by atoms with van der Waals surface area (Å²) in [6.07, 6.45) is 9.89. The van der Waals surface area contributed by atoms with E-state index in [0.29, 0.717) is 38.4 Å². The molecule has 2 amide bonds. The van der Waals surface area contributed by atoms with Gasteiger partial charge in [0.25, 0.3) is 0 Å². The second kappa shape index (κ2) is 13.4. The molecule has 0 aromatic rings. The summed E-state index contributed by atoms with van der Waals surface area (Å²) in [5, 5.41) is 6.76. The Morgan fingerprint density at radius 2 is 1.81 bits per heavy atom. The predicted molar refractivity (Wildman–Crippen MR) is 116 cm³/mol. The maximum absolute atomic E-state index is 11.2. The van der Waals surface area contributed by atoms with Crippen LogP contribution in [0.2, 0.25) is 0 Å². The monoisotopic (exact) mass is 481 g/mol. The summed E-state index contributed by atoms with van der Waals surface area (Å²) in [6, 6.07) is 0.00543. The van der Waals surface area contributed by atoms with Crippen LogP contribution in [0.4, 0.5) is 4.79 Å². The molecule has 0 radical (unpaired) electrons. The number of ether oxygens (including phenoxy) is 1.